The van der Waals surface area contributed by atoms with Gasteiger partial charge in [-0.25, -0.2) is 17.2 Å². The number of alkyl halides is 2. The first-order chi connectivity index (χ1) is 19.9. The van der Waals surface area contributed by atoms with Crippen LogP contribution in [0.2, 0.25) is 0 Å². The third-order valence-corrected chi connectivity index (χ3v) is 9.63. The Labute approximate surface area is 245 Å². The number of carbonyl (C=O) groups excluding carboxylic acids is 1. The summed E-state index contributed by atoms with van der Waals surface area (Å²) in [5.41, 5.74) is 0.208. The summed E-state index contributed by atoms with van der Waals surface area (Å²) in [6, 6.07) is 10.6. The molecule has 11 heteroatoms. The lowest BCUT2D eigenvalue weighted by molar-refractivity contribution is -0.131. The molecule has 5 rings (SSSR count). The molecule has 1 aromatic heterocycles. The first kappa shape index (κ1) is 29.9. The largest absolute Gasteiger partial charge is 0.359 e. The molecule has 2 heterocycles. The molecular formula is C31H36F2N4O4S. The zero-order chi connectivity index (χ0) is 30.3. The minimum atomic E-state index is -4.21. The highest BCUT2D eigenvalue weighted by Crippen LogP contribution is 2.42. The van der Waals surface area contributed by atoms with E-state index >= 15 is 8.78 Å². The molecule has 0 radical (unpaired) electrons. The van der Waals surface area contributed by atoms with Crippen LogP contribution >= 0.6 is 0 Å². The molecule has 3 aromatic rings. The molecule has 1 aliphatic heterocycles. The fourth-order valence-corrected chi connectivity index (χ4v) is 7.07. The quantitative estimate of drug-likeness (QED) is 0.268. The van der Waals surface area contributed by atoms with E-state index < -0.39 is 21.5 Å². The van der Waals surface area contributed by atoms with E-state index in [1.807, 2.05) is 0 Å². The molecule has 1 spiro atoms. The van der Waals surface area contributed by atoms with Crippen LogP contribution < -0.4 is 4.72 Å². The number of aliphatic imine (C=N–C) groups is 1. The highest BCUT2D eigenvalue weighted by molar-refractivity contribution is 7.92. The number of unbranched alkanes of at least 4 members (excludes halogenated alkanes) is 1. The molecule has 1 amide bonds. The molecule has 42 heavy (non-hydrogen) atoms. The summed E-state index contributed by atoms with van der Waals surface area (Å²) in [6.07, 6.45) is 5.78. The summed E-state index contributed by atoms with van der Waals surface area (Å²) in [5, 5.41) is 3.78. The number of aryl methyl sites for hydroxylation is 1. The molecule has 8 nitrogen and oxygen atoms in total. The number of amides is 1. The molecule has 1 aliphatic carbocycles. The van der Waals surface area contributed by atoms with Crippen LogP contribution in [0.15, 0.2) is 56.9 Å². The highest BCUT2D eigenvalue weighted by atomic mass is 32.2. The number of nitrogens with zero attached hydrogens (tertiary/aromatic N) is 3. The van der Waals surface area contributed by atoms with Gasteiger partial charge in [-0.2, -0.15) is 0 Å². The monoisotopic (exact) mass is 598 g/mol. The van der Waals surface area contributed by atoms with Gasteiger partial charge in [0.2, 0.25) is 0 Å². The van der Waals surface area contributed by atoms with Gasteiger partial charge in [-0.3, -0.25) is 19.4 Å². The van der Waals surface area contributed by atoms with Gasteiger partial charge in [0.05, 0.1) is 11.4 Å². The van der Waals surface area contributed by atoms with E-state index in [-0.39, 0.29) is 39.9 Å². The Bertz CT molecular complexity index is 1640. The normalized spacial score (nSPS) is 16.9. The average molecular weight is 599 g/mol. The van der Waals surface area contributed by atoms with Crippen LogP contribution in [0.4, 0.5) is 14.6 Å². The molecule has 224 valence electrons. The van der Waals surface area contributed by atoms with E-state index in [9.17, 15) is 13.2 Å². The van der Waals surface area contributed by atoms with Crippen molar-refractivity contribution < 1.29 is 26.5 Å². The fraction of sp³-hybridized carbons (Fsp3) is 0.452. The van der Waals surface area contributed by atoms with Crippen molar-refractivity contribution in [2.75, 3.05) is 4.72 Å². The summed E-state index contributed by atoms with van der Waals surface area (Å²) in [6.45, 7) is 6.31. The second kappa shape index (κ2) is 11.2. The van der Waals surface area contributed by atoms with Gasteiger partial charge in [0, 0.05) is 30.0 Å². The second-order valence-corrected chi connectivity index (χ2v) is 13.0. The van der Waals surface area contributed by atoms with Crippen molar-refractivity contribution in [3.63, 3.8) is 0 Å². The zero-order valence-corrected chi connectivity index (χ0v) is 25.2. The first-order valence-electron chi connectivity index (χ1n) is 14.3. The number of amidine groups is 1. The molecule has 0 saturated heterocycles. The van der Waals surface area contributed by atoms with Crippen molar-refractivity contribution >= 4 is 27.6 Å². The summed E-state index contributed by atoms with van der Waals surface area (Å²) < 4.78 is 64.8. The van der Waals surface area contributed by atoms with Crippen LogP contribution in [0, 0.1) is 13.8 Å². The number of hydrogen-bond donors (Lipinski definition) is 1. The van der Waals surface area contributed by atoms with Crippen molar-refractivity contribution in [1.82, 2.24) is 10.1 Å². The number of aromatic nitrogens is 1. The second-order valence-electron chi connectivity index (χ2n) is 11.3. The molecule has 1 N–H and O–H groups in total. The number of nitrogens with one attached hydrogen (secondary N) is 1. The standard InChI is InChI=1S/C31H36F2N4O4S/c1-5-6-13-27-34-31(16-9-10-17-31)29(38)37(27)19-22-14-15-23(25(18-22)30(4,32)33)24-11-7-8-12-26(24)42(39,40)36-28-20(2)21(3)41-35-28/h7-8,11-12,14-15,18H,5-6,9-10,13,16-17,19H2,1-4H3,(H,35,36). The maximum Gasteiger partial charge on any atom is 0.271 e. The van der Waals surface area contributed by atoms with Crippen LogP contribution in [-0.4, -0.2) is 35.8 Å². The summed E-state index contributed by atoms with van der Waals surface area (Å²) in [7, 11) is -4.21. The number of anilines is 1. The molecule has 2 aliphatic rings. The lowest BCUT2D eigenvalue weighted by Crippen LogP contribution is -2.40. The Morgan fingerprint density at radius 3 is 2.45 bits per heavy atom. The maximum atomic E-state index is 15.2. The van der Waals surface area contributed by atoms with E-state index in [0.717, 1.165) is 38.4 Å². The van der Waals surface area contributed by atoms with Crippen LogP contribution in [-0.2, 0) is 27.3 Å². The van der Waals surface area contributed by atoms with E-state index in [4.69, 9.17) is 9.52 Å². The lowest BCUT2D eigenvalue weighted by Gasteiger charge is -2.24. The molecular weight excluding hydrogens is 562 g/mol. The van der Waals surface area contributed by atoms with Gasteiger partial charge in [0.25, 0.3) is 21.9 Å². The number of hydrogen-bond acceptors (Lipinski definition) is 6. The zero-order valence-electron chi connectivity index (χ0n) is 24.3. The highest BCUT2D eigenvalue weighted by Gasteiger charge is 2.49. The number of halogens is 2. The van der Waals surface area contributed by atoms with Crippen molar-refractivity contribution in [2.45, 2.75) is 95.5 Å². The molecule has 2 aromatic carbocycles. The van der Waals surface area contributed by atoms with Crippen LogP contribution in [0.25, 0.3) is 11.1 Å². The molecule has 0 atom stereocenters. The van der Waals surface area contributed by atoms with Crippen LogP contribution in [0.3, 0.4) is 0 Å². The van der Waals surface area contributed by atoms with Crippen LogP contribution in [0.1, 0.15) is 81.2 Å². The Morgan fingerprint density at radius 2 is 1.81 bits per heavy atom. The first-order valence-corrected chi connectivity index (χ1v) is 15.8. The van der Waals surface area contributed by atoms with Gasteiger partial charge in [0.15, 0.2) is 5.82 Å². The summed E-state index contributed by atoms with van der Waals surface area (Å²) in [5.74, 6) is -2.13. The van der Waals surface area contributed by atoms with Gasteiger partial charge in [-0.1, -0.05) is 61.7 Å². The molecule has 0 bridgehead atoms. The van der Waals surface area contributed by atoms with E-state index in [1.165, 1.54) is 30.3 Å². The van der Waals surface area contributed by atoms with Gasteiger partial charge in [-0.15, -0.1) is 0 Å². The topological polar surface area (TPSA) is 105 Å². The number of carbonyl (C=O) groups is 1. The molecule has 1 saturated carbocycles. The Morgan fingerprint density at radius 1 is 1.10 bits per heavy atom. The molecule has 1 fully saturated rings. The molecule has 0 unspecified atom stereocenters. The van der Waals surface area contributed by atoms with Gasteiger partial charge in [-0.05, 0) is 56.4 Å². The third-order valence-electron chi connectivity index (χ3n) is 8.24. The van der Waals surface area contributed by atoms with E-state index in [0.29, 0.717) is 36.1 Å². The van der Waals surface area contributed by atoms with Gasteiger partial charge in [0.1, 0.15) is 17.1 Å². The summed E-state index contributed by atoms with van der Waals surface area (Å²) >= 11 is 0. The number of rotatable bonds is 10. The van der Waals surface area contributed by atoms with Crippen LogP contribution in [0.5, 0.6) is 0 Å². The minimum Gasteiger partial charge on any atom is -0.359 e. The van der Waals surface area contributed by atoms with E-state index in [2.05, 4.69) is 16.8 Å². The van der Waals surface area contributed by atoms with Gasteiger partial charge < -0.3 is 4.52 Å². The lowest BCUT2D eigenvalue weighted by atomic mass is 9.93. The summed E-state index contributed by atoms with van der Waals surface area (Å²) in [4.78, 5) is 20.0. The average Bonchev–Trinajstić information content (AvgIpc) is 3.62. The number of sulfonamides is 1. The predicted octanol–water partition coefficient (Wildman–Crippen LogP) is 7.11. The van der Waals surface area contributed by atoms with E-state index in [1.54, 1.807) is 30.9 Å². The Balaban J connectivity index is 1.52. The SMILES string of the molecule is CCCCC1=NC2(CCCC2)C(=O)N1Cc1ccc(-c2ccccc2S(=O)(=O)Nc2noc(C)c2C)c(C(C)(F)F)c1. The maximum absolute atomic E-state index is 15.2. The third kappa shape index (κ3) is 5.58. The Hall–Kier alpha value is -3.60. The Kier molecular flexibility index (Phi) is 8.00. The van der Waals surface area contributed by atoms with Gasteiger partial charge >= 0.3 is 0 Å². The van der Waals surface area contributed by atoms with Crippen molar-refractivity contribution in [3.8, 4) is 11.1 Å². The number of benzene rings is 2. The fourth-order valence-electron chi connectivity index (χ4n) is 5.79. The smallest absolute Gasteiger partial charge is 0.271 e. The minimum absolute atomic E-state index is 0.0366. The van der Waals surface area contributed by atoms with Crippen molar-refractivity contribution in [3.05, 3.63) is 64.9 Å². The predicted molar refractivity (Wildman–Crippen MR) is 157 cm³/mol. The van der Waals surface area contributed by atoms with Crippen molar-refractivity contribution in [1.29, 1.82) is 0 Å². The van der Waals surface area contributed by atoms with Crippen molar-refractivity contribution in [2.24, 2.45) is 4.99 Å².